The predicted molar refractivity (Wildman–Crippen MR) is 157 cm³/mol. The maximum absolute atomic E-state index is 13.9. The van der Waals surface area contributed by atoms with Gasteiger partial charge in [0, 0.05) is 16.7 Å². The first kappa shape index (κ1) is 28.3. The number of fused-ring (bicyclic) bond motifs is 1. The average molecular weight is 591 g/mol. The van der Waals surface area contributed by atoms with Gasteiger partial charge in [0.15, 0.2) is 4.80 Å². The number of thiazole rings is 1. The number of ether oxygens (including phenoxy) is 2. The molecule has 4 aromatic rings. The van der Waals surface area contributed by atoms with Crippen LogP contribution >= 0.6 is 22.9 Å². The van der Waals surface area contributed by atoms with Crippen LogP contribution in [0.4, 0.5) is 0 Å². The van der Waals surface area contributed by atoms with Gasteiger partial charge in [-0.25, -0.2) is 14.6 Å². The summed E-state index contributed by atoms with van der Waals surface area (Å²) in [5.74, 6) is -0.142. The van der Waals surface area contributed by atoms with Gasteiger partial charge in [0.25, 0.3) is 5.56 Å². The monoisotopic (exact) mass is 590 g/mol. The molecular weight excluding hydrogens is 564 g/mol. The highest BCUT2D eigenvalue weighted by atomic mass is 35.5. The molecule has 0 bridgehead atoms. The van der Waals surface area contributed by atoms with Crippen molar-refractivity contribution in [2.45, 2.75) is 39.8 Å². The maximum Gasteiger partial charge on any atom is 0.338 e. The number of nitrogens with zero attached hydrogens (tertiary/aromatic N) is 2. The quantitative estimate of drug-likeness (QED) is 0.272. The highest BCUT2D eigenvalue weighted by Gasteiger charge is 2.34. The van der Waals surface area contributed by atoms with Crippen LogP contribution in [0.25, 0.3) is 17.4 Å². The smallest absolute Gasteiger partial charge is 0.338 e. The number of hydrogen-bond donors (Lipinski definition) is 0. The molecule has 2 aromatic carbocycles. The molecule has 1 atom stereocenters. The number of rotatable bonds is 7. The van der Waals surface area contributed by atoms with Gasteiger partial charge in [-0.1, -0.05) is 59.3 Å². The number of hydrogen-bond acceptors (Lipinski definition) is 8. The molecule has 1 aliphatic rings. The van der Waals surface area contributed by atoms with E-state index in [4.69, 9.17) is 25.5 Å². The summed E-state index contributed by atoms with van der Waals surface area (Å²) < 4.78 is 18.6. The van der Waals surface area contributed by atoms with E-state index in [0.29, 0.717) is 48.3 Å². The fourth-order valence-electron chi connectivity index (χ4n) is 4.64. The molecule has 0 spiro atoms. The molecule has 0 aliphatic carbocycles. The van der Waals surface area contributed by atoms with Crippen molar-refractivity contribution in [3.63, 3.8) is 0 Å². The molecular formula is C31H27ClN2O6S. The standard InChI is InChI=1S/C31H27ClN2O6S/c1-5-38-29(36)21-11-7-6-10-20(21)24-15-14-19(40-24)16-25-28(35)34-27(22-12-8-9-13-23(22)32)26(30(37)39-17(2)3)18(4)33-31(34)41-25/h6-17,27H,5H2,1-4H3. The van der Waals surface area contributed by atoms with Crippen molar-refractivity contribution in [1.82, 2.24) is 4.57 Å². The third-order valence-electron chi connectivity index (χ3n) is 6.37. The number of halogens is 1. The Morgan fingerprint density at radius 1 is 1.10 bits per heavy atom. The Morgan fingerprint density at radius 3 is 2.56 bits per heavy atom. The summed E-state index contributed by atoms with van der Waals surface area (Å²) in [6, 6.07) is 16.7. The zero-order valence-corrected chi connectivity index (χ0v) is 24.4. The number of furan rings is 1. The summed E-state index contributed by atoms with van der Waals surface area (Å²) in [6.07, 6.45) is 1.26. The summed E-state index contributed by atoms with van der Waals surface area (Å²) in [5, 5.41) is 0.410. The molecule has 3 heterocycles. The summed E-state index contributed by atoms with van der Waals surface area (Å²) in [4.78, 5) is 44.6. The Morgan fingerprint density at radius 2 is 1.83 bits per heavy atom. The Balaban J connectivity index is 1.62. The number of esters is 2. The molecule has 2 aromatic heterocycles. The van der Waals surface area contributed by atoms with Gasteiger partial charge in [-0.15, -0.1) is 0 Å². The van der Waals surface area contributed by atoms with Crippen LogP contribution < -0.4 is 14.9 Å². The minimum absolute atomic E-state index is 0.251. The van der Waals surface area contributed by atoms with Crippen LogP contribution in [0.2, 0.25) is 5.02 Å². The molecule has 1 unspecified atom stereocenters. The first-order valence-electron chi connectivity index (χ1n) is 13.0. The van der Waals surface area contributed by atoms with E-state index in [9.17, 15) is 14.4 Å². The topological polar surface area (TPSA) is 100 Å². The van der Waals surface area contributed by atoms with Crippen LogP contribution in [0.1, 0.15) is 55.4 Å². The van der Waals surface area contributed by atoms with E-state index >= 15 is 0 Å². The maximum atomic E-state index is 13.9. The highest BCUT2D eigenvalue weighted by Crippen LogP contribution is 2.34. The van der Waals surface area contributed by atoms with Gasteiger partial charge in [-0.2, -0.15) is 0 Å². The van der Waals surface area contributed by atoms with Gasteiger partial charge in [0.1, 0.15) is 17.6 Å². The Hall–Kier alpha value is -4.21. The number of carbonyl (C=O) groups excluding carboxylic acids is 2. The second-order valence-corrected chi connectivity index (χ2v) is 10.9. The van der Waals surface area contributed by atoms with Crippen LogP contribution in [0, 0.1) is 0 Å². The molecule has 8 nitrogen and oxygen atoms in total. The first-order valence-corrected chi connectivity index (χ1v) is 14.2. The van der Waals surface area contributed by atoms with E-state index in [2.05, 4.69) is 4.99 Å². The lowest BCUT2D eigenvalue weighted by molar-refractivity contribution is -0.143. The largest absolute Gasteiger partial charge is 0.462 e. The third kappa shape index (κ3) is 5.55. The van der Waals surface area contributed by atoms with Gasteiger partial charge in [-0.05, 0) is 57.5 Å². The Labute approximate surface area is 244 Å². The summed E-state index contributed by atoms with van der Waals surface area (Å²) in [5.41, 5.74) is 1.89. The van der Waals surface area contributed by atoms with E-state index in [1.54, 1.807) is 94.4 Å². The van der Waals surface area contributed by atoms with E-state index in [1.807, 2.05) is 0 Å². The van der Waals surface area contributed by atoms with Gasteiger partial charge in [0.2, 0.25) is 0 Å². The van der Waals surface area contributed by atoms with Crippen molar-refractivity contribution in [3.8, 4) is 11.3 Å². The molecule has 0 amide bonds. The van der Waals surface area contributed by atoms with Gasteiger partial charge in [-0.3, -0.25) is 9.36 Å². The number of aromatic nitrogens is 1. The first-order chi connectivity index (χ1) is 19.7. The molecule has 0 saturated heterocycles. The number of carbonyl (C=O) groups is 2. The van der Waals surface area contributed by atoms with E-state index in [0.717, 1.165) is 0 Å². The number of benzene rings is 2. The molecule has 0 radical (unpaired) electrons. The SMILES string of the molecule is CCOC(=O)c1ccccc1-c1ccc(C=c2sc3n(c2=O)C(c2ccccc2Cl)C(C(=O)OC(C)C)=C(C)N=3)o1. The van der Waals surface area contributed by atoms with Gasteiger partial charge >= 0.3 is 11.9 Å². The van der Waals surface area contributed by atoms with Crippen LogP contribution in [-0.4, -0.2) is 29.2 Å². The second kappa shape index (κ2) is 11.7. The molecule has 41 heavy (non-hydrogen) atoms. The summed E-state index contributed by atoms with van der Waals surface area (Å²) >= 11 is 7.76. The van der Waals surface area contributed by atoms with Gasteiger partial charge < -0.3 is 13.9 Å². The molecule has 0 fully saturated rings. The van der Waals surface area contributed by atoms with Gasteiger partial charge in [0.05, 0.1) is 34.1 Å². The minimum Gasteiger partial charge on any atom is -0.462 e. The molecule has 5 rings (SSSR count). The fraction of sp³-hybridized carbons (Fsp3) is 0.226. The summed E-state index contributed by atoms with van der Waals surface area (Å²) in [7, 11) is 0. The molecule has 1 aliphatic heterocycles. The van der Waals surface area contributed by atoms with Crippen molar-refractivity contribution in [1.29, 1.82) is 0 Å². The Bertz CT molecular complexity index is 1860. The molecule has 10 heteroatoms. The summed E-state index contributed by atoms with van der Waals surface area (Å²) in [6.45, 7) is 7.24. The molecule has 0 N–H and O–H groups in total. The molecule has 210 valence electrons. The normalized spacial score (nSPS) is 15.1. The zero-order chi connectivity index (χ0) is 29.3. The van der Waals surface area contributed by atoms with E-state index in [-0.39, 0.29) is 23.8 Å². The fourth-order valence-corrected chi connectivity index (χ4v) is 5.91. The van der Waals surface area contributed by atoms with Crippen molar-refractivity contribution in [2.24, 2.45) is 4.99 Å². The van der Waals surface area contributed by atoms with Crippen molar-refractivity contribution >= 4 is 41.0 Å². The number of allylic oxidation sites excluding steroid dienone is 1. The Kier molecular flexibility index (Phi) is 8.10. The second-order valence-electron chi connectivity index (χ2n) is 9.53. The minimum atomic E-state index is -0.822. The van der Waals surface area contributed by atoms with Crippen LogP contribution in [0.3, 0.4) is 0 Å². The lowest BCUT2D eigenvalue weighted by Crippen LogP contribution is -2.40. The lowest BCUT2D eigenvalue weighted by atomic mass is 9.96. The van der Waals surface area contributed by atoms with E-state index in [1.165, 1.54) is 15.9 Å². The zero-order valence-electron chi connectivity index (χ0n) is 22.8. The average Bonchev–Trinajstić information content (AvgIpc) is 3.52. The van der Waals surface area contributed by atoms with Crippen LogP contribution in [-0.2, 0) is 14.3 Å². The van der Waals surface area contributed by atoms with Crippen LogP contribution in [0.15, 0.2) is 86.1 Å². The molecule has 0 saturated carbocycles. The van der Waals surface area contributed by atoms with Crippen molar-refractivity contribution < 1.29 is 23.5 Å². The lowest BCUT2D eigenvalue weighted by Gasteiger charge is -2.26. The van der Waals surface area contributed by atoms with Crippen LogP contribution in [0.5, 0.6) is 0 Å². The van der Waals surface area contributed by atoms with Crippen molar-refractivity contribution in [3.05, 3.63) is 114 Å². The van der Waals surface area contributed by atoms with Crippen molar-refractivity contribution in [2.75, 3.05) is 6.61 Å². The third-order valence-corrected chi connectivity index (χ3v) is 7.70. The highest BCUT2D eigenvalue weighted by molar-refractivity contribution is 7.07. The van der Waals surface area contributed by atoms with E-state index < -0.39 is 18.0 Å². The predicted octanol–water partition coefficient (Wildman–Crippen LogP) is 5.28.